The summed E-state index contributed by atoms with van der Waals surface area (Å²) in [4.78, 5) is 2.52. The van der Waals surface area contributed by atoms with Gasteiger partial charge in [-0.15, -0.1) is 10.2 Å². The third-order valence-electron chi connectivity index (χ3n) is 5.22. The minimum atomic E-state index is 0.735. The van der Waals surface area contributed by atoms with Crippen molar-refractivity contribution in [2.75, 3.05) is 31.6 Å². The molecule has 0 unspecified atom stereocenters. The Morgan fingerprint density at radius 3 is 2.38 bits per heavy atom. The summed E-state index contributed by atoms with van der Waals surface area (Å²) in [5.41, 5.74) is 3.11. The van der Waals surface area contributed by atoms with Crippen molar-refractivity contribution in [3.05, 3.63) is 72.3 Å². The first-order chi connectivity index (χ1) is 14.4. The van der Waals surface area contributed by atoms with E-state index in [0.717, 1.165) is 48.9 Å². The Labute approximate surface area is 172 Å². The highest BCUT2D eigenvalue weighted by molar-refractivity contribution is 5.60. The van der Waals surface area contributed by atoms with Crippen LogP contribution in [0.15, 0.2) is 66.7 Å². The van der Waals surface area contributed by atoms with Gasteiger partial charge in [-0.2, -0.15) is 0 Å². The van der Waals surface area contributed by atoms with E-state index in [1.807, 2.05) is 54.6 Å². The molecule has 5 heteroatoms. The number of nitrogens with zero attached hydrogens (tertiary/aromatic N) is 3. The first-order valence-corrected chi connectivity index (χ1v) is 10.4. The molecule has 0 bridgehead atoms. The number of aromatic nitrogens is 2. The summed E-state index contributed by atoms with van der Waals surface area (Å²) >= 11 is 0. The predicted octanol–water partition coefficient (Wildman–Crippen LogP) is 4.62. The smallest absolute Gasteiger partial charge is 0.148 e. The van der Waals surface area contributed by atoms with Crippen molar-refractivity contribution in [3.8, 4) is 17.0 Å². The maximum absolute atomic E-state index is 5.88. The number of ether oxygens (including phenoxy) is 1. The summed E-state index contributed by atoms with van der Waals surface area (Å²) in [6, 6.07) is 22.3. The summed E-state index contributed by atoms with van der Waals surface area (Å²) in [6.45, 7) is 5.13. The summed E-state index contributed by atoms with van der Waals surface area (Å²) in [5.74, 6) is 1.68. The first kappa shape index (κ1) is 19.4. The highest BCUT2D eigenvalue weighted by Crippen LogP contribution is 2.21. The van der Waals surface area contributed by atoms with Crippen LogP contribution in [0.4, 0.5) is 5.82 Å². The van der Waals surface area contributed by atoms with Crippen LogP contribution in [0.1, 0.15) is 24.8 Å². The van der Waals surface area contributed by atoms with Gasteiger partial charge < -0.3 is 15.0 Å². The summed E-state index contributed by atoms with van der Waals surface area (Å²) in [6.07, 6.45) is 3.76. The van der Waals surface area contributed by atoms with Crippen molar-refractivity contribution in [2.45, 2.75) is 25.8 Å². The summed E-state index contributed by atoms with van der Waals surface area (Å²) in [7, 11) is 0. The van der Waals surface area contributed by atoms with E-state index < -0.39 is 0 Å². The average Bonchev–Trinajstić information content (AvgIpc) is 3.31. The van der Waals surface area contributed by atoms with Crippen LogP contribution in [0.25, 0.3) is 11.3 Å². The molecule has 4 rings (SSSR count). The standard InChI is InChI=1S/C24H28N4O/c1-2-7-20(8-3-1)19-25-24-14-13-23(26-27-24)21-9-11-22(12-10-21)29-18-6-17-28-15-4-5-16-28/h1-3,7-14H,4-6,15-19H2,(H,25,27). The van der Waals surface area contributed by atoms with E-state index in [0.29, 0.717) is 0 Å². The quantitative estimate of drug-likeness (QED) is 0.542. The molecule has 29 heavy (non-hydrogen) atoms. The first-order valence-electron chi connectivity index (χ1n) is 10.4. The Morgan fingerprint density at radius 1 is 0.862 bits per heavy atom. The average molecular weight is 389 g/mol. The van der Waals surface area contributed by atoms with Gasteiger partial charge >= 0.3 is 0 Å². The molecule has 2 heterocycles. The van der Waals surface area contributed by atoms with Crippen LogP contribution in [0.3, 0.4) is 0 Å². The number of benzene rings is 2. The molecule has 1 aliphatic rings. The van der Waals surface area contributed by atoms with Crippen LogP contribution in [0.5, 0.6) is 5.75 Å². The molecular weight excluding hydrogens is 360 g/mol. The fourth-order valence-corrected chi connectivity index (χ4v) is 3.58. The molecule has 0 amide bonds. The number of likely N-dealkylation sites (tertiary alicyclic amines) is 1. The highest BCUT2D eigenvalue weighted by atomic mass is 16.5. The number of nitrogens with one attached hydrogen (secondary N) is 1. The van der Waals surface area contributed by atoms with E-state index in [-0.39, 0.29) is 0 Å². The Balaban J connectivity index is 1.24. The second kappa shape index (κ2) is 10.0. The molecule has 1 fully saturated rings. The van der Waals surface area contributed by atoms with Crippen molar-refractivity contribution >= 4 is 5.82 Å². The Morgan fingerprint density at radius 2 is 1.66 bits per heavy atom. The molecule has 1 saturated heterocycles. The molecule has 3 aromatic rings. The monoisotopic (exact) mass is 388 g/mol. The summed E-state index contributed by atoms with van der Waals surface area (Å²) < 4.78 is 5.88. The molecule has 0 atom stereocenters. The number of hydrogen-bond donors (Lipinski definition) is 1. The molecule has 1 aliphatic heterocycles. The second-order valence-electron chi connectivity index (χ2n) is 7.42. The maximum Gasteiger partial charge on any atom is 0.148 e. The van der Waals surface area contributed by atoms with Gasteiger partial charge in [0.1, 0.15) is 11.6 Å². The fraction of sp³-hybridized carbons (Fsp3) is 0.333. The largest absolute Gasteiger partial charge is 0.494 e. The Bertz CT molecular complexity index is 860. The SMILES string of the molecule is c1ccc(CNc2ccc(-c3ccc(OCCCN4CCCC4)cc3)nn2)cc1. The molecule has 0 radical (unpaired) electrons. The van der Waals surface area contributed by atoms with Crippen molar-refractivity contribution < 1.29 is 4.74 Å². The van der Waals surface area contributed by atoms with Gasteiger partial charge in [0.15, 0.2) is 0 Å². The lowest BCUT2D eigenvalue weighted by Crippen LogP contribution is -2.21. The van der Waals surface area contributed by atoms with Crippen LogP contribution < -0.4 is 10.1 Å². The van der Waals surface area contributed by atoms with Gasteiger partial charge in [-0.1, -0.05) is 30.3 Å². The van der Waals surface area contributed by atoms with E-state index in [9.17, 15) is 0 Å². The number of anilines is 1. The Kier molecular flexibility index (Phi) is 6.71. The van der Waals surface area contributed by atoms with Crippen LogP contribution >= 0.6 is 0 Å². The van der Waals surface area contributed by atoms with Gasteiger partial charge in [-0.05, 0) is 74.3 Å². The maximum atomic E-state index is 5.88. The van der Waals surface area contributed by atoms with Gasteiger partial charge in [-0.3, -0.25) is 0 Å². The molecular formula is C24H28N4O. The molecule has 0 aliphatic carbocycles. The topological polar surface area (TPSA) is 50.3 Å². The number of hydrogen-bond acceptors (Lipinski definition) is 5. The predicted molar refractivity (Wildman–Crippen MR) is 117 cm³/mol. The molecule has 0 saturated carbocycles. The molecule has 5 nitrogen and oxygen atoms in total. The van der Waals surface area contributed by atoms with Gasteiger partial charge in [0.2, 0.25) is 0 Å². The molecule has 1 aromatic heterocycles. The van der Waals surface area contributed by atoms with Crippen LogP contribution in [-0.4, -0.2) is 41.3 Å². The van der Waals surface area contributed by atoms with E-state index in [1.54, 1.807) is 0 Å². The zero-order valence-electron chi connectivity index (χ0n) is 16.8. The van der Waals surface area contributed by atoms with Crippen molar-refractivity contribution in [3.63, 3.8) is 0 Å². The van der Waals surface area contributed by atoms with E-state index in [1.165, 1.54) is 31.5 Å². The van der Waals surface area contributed by atoms with Crippen molar-refractivity contribution in [1.82, 2.24) is 15.1 Å². The fourth-order valence-electron chi connectivity index (χ4n) is 3.58. The van der Waals surface area contributed by atoms with E-state index >= 15 is 0 Å². The van der Waals surface area contributed by atoms with Gasteiger partial charge in [-0.25, -0.2) is 0 Å². The van der Waals surface area contributed by atoms with Gasteiger partial charge in [0.05, 0.1) is 12.3 Å². The van der Waals surface area contributed by atoms with Crippen molar-refractivity contribution in [1.29, 1.82) is 0 Å². The van der Waals surface area contributed by atoms with E-state index in [2.05, 4.69) is 32.5 Å². The zero-order chi connectivity index (χ0) is 19.7. The van der Waals surface area contributed by atoms with E-state index in [4.69, 9.17) is 4.74 Å². The minimum absolute atomic E-state index is 0.735. The lowest BCUT2D eigenvalue weighted by atomic mass is 10.1. The van der Waals surface area contributed by atoms with Crippen LogP contribution in [0.2, 0.25) is 0 Å². The minimum Gasteiger partial charge on any atom is -0.494 e. The molecule has 0 spiro atoms. The lowest BCUT2D eigenvalue weighted by Gasteiger charge is -2.14. The second-order valence-corrected chi connectivity index (χ2v) is 7.42. The van der Waals surface area contributed by atoms with Crippen molar-refractivity contribution in [2.24, 2.45) is 0 Å². The normalized spacial score (nSPS) is 14.1. The third kappa shape index (κ3) is 5.78. The van der Waals surface area contributed by atoms with Crippen LogP contribution in [-0.2, 0) is 6.54 Å². The number of rotatable bonds is 9. The highest BCUT2D eigenvalue weighted by Gasteiger charge is 2.10. The third-order valence-corrected chi connectivity index (χ3v) is 5.22. The Hall–Kier alpha value is -2.92. The summed E-state index contributed by atoms with van der Waals surface area (Å²) in [5, 5.41) is 11.9. The molecule has 1 N–H and O–H groups in total. The van der Waals surface area contributed by atoms with Gasteiger partial charge in [0, 0.05) is 18.7 Å². The molecule has 2 aromatic carbocycles. The lowest BCUT2D eigenvalue weighted by molar-refractivity contribution is 0.263. The molecule has 150 valence electrons. The van der Waals surface area contributed by atoms with Crippen LogP contribution in [0, 0.1) is 0 Å². The van der Waals surface area contributed by atoms with Gasteiger partial charge in [0.25, 0.3) is 0 Å². The zero-order valence-corrected chi connectivity index (χ0v) is 16.8.